The van der Waals surface area contributed by atoms with Crippen LogP contribution in [0.15, 0.2) is 42.9 Å². The highest BCUT2D eigenvalue weighted by Gasteiger charge is 2.22. The van der Waals surface area contributed by atoms with Crippen LogP contribution in [0.2, 0.25) is 0 Å². The molecule has 0 unspecified atom stereocenters. The monoisotopic (exact) mass is 388 g/mol. The maximum absolute atomic E-state index is 13.5. The summed E-state index contributed by atoms with van der Waals surface area (Å²) in [6.07, 6.45) is 5.09. The van der Waals surface area contributed by atoms with Gasteiger partial charge in [0.05, 0.1) is 0 Å². The van der Waals surface area contributed by atoms with Gasteiger partial charge < -0.3 is 4.90 Å². The molecule has 7 heteroatoms. The molecule has 0 saturated carbocycles. The second-order valence-electron chi connectivity index (χ2n) is 7.60. The van der Waals surface area contributed by atoms with Crippen molar-refractivity contribution in [2.24, 2.45) is 0 Å². The van der Waals surface area contributed by atoms with Gasteiger partial charge in [0, 0.05) is 42.5 Å². The Morgan fingerprint density at radius 2 is 2.00 bits per heavy atom. The highest BCUT2D eigenvalue weighted by molar-refractivity contribution is 5.59. The number of hydrogen-bond acceptors (Lipinski definition) is 5. The molecule has 0 aliphatic carbocycles. The second kappa shape index (κ2) is 6.92. The Morgan fingerprint density at radius 1 is 1.10 bits per heavy atom. The standard InChI is InChI=1S/C22H21FN6/c1-14-15(2)22(27-29-13-25-26-21(14)29)28-7-6-20-18(12-28)9-17(11-24-20)8-16-4-3-5-19(23)10-16/h3-5,9-11,13H,6-8,12H2,1-2H3. The number of anilines is 1. The molecule has 29 heavy (non-hydrogen) atoms. The zero-order valence-electron chi connectivity index (χ0n) is 16.4. The summed E-state index contributed by atoms with van der Waals surface area (Å²) >= 11 is 0. The van der Waals surface area contributed by atoms with E-state index in [0.29, 0.717) is 6.42 Å². The molecule has 4 heterocycles. The van der Waals surface area contributed by atoms with Crippen LogP contribution >= 0.6 is 0 Å². The third-order valence-electron chi connectivity index (χ3n) is 5.66. The molecular formula is C22H21FN6. The smallest absolute Gasteiger partial charge is 0.180 e. The van der Waals surface area contributed by atoms with Crippen molar-refractivity contribution in [3.8, 4) is 0 Å². The highest BCUT2D eigenvalue weighted by Crippen LogP contribution is 2.28. The van der Waals surface area contributed by atoms with Gasteiger partial charge in [-0.2, -0.15) is 4.52 Å². The van der Waals surface area contributed by atoms with E-state index in [0.717, 1.165) is 58.9 Å². The van der Waals surface area contributed by atoms with Crippen LogP contribution in [-0.2, 0) is 19.4 Å². The molecule has 0 bridgehead atoms. The van der Waals surface area contributed by atoms with E-state index >= 15 is 0 Å². The van der Waals surface area contributed by atoms with Crippen molar-refractivity contribution in [1.29, 1.82) is 0 Å². The van der Waals surface area contributed by atoms with Crippen molar-refractivity contribution in [3.63, 3.8) is 0 Å². The molecule has 4 aromatic rings. The van der Waals surface area contributed by atoms with Gasteiger partial charge in [0.1, 0.15) is 12.1 Å². The van der Waals surface area contributed by atoms with Gasteiger partial charge in [-0.3, -0.25) is 4.98 Å². The van der Waals surface area contributed by atoms with Crippen molar-refractivity contribution in [1.82, 2.24) is 24.8 Å². The second-order valence-corrected chi connectivity index (χ2v) is 7.60. The van der Waals surface area contributed by atoms with E-state index in [2.05, 4.69) is 40.0 Å². The fraction of sp³-hybridized carbons (Fsp3) is 0.273. The molecular weight excluding hydrogens is 367 g/mol. The molecule has 1 aliphatic heterocycles. The van der Waals surface area contributed by atoms with Crippen LogP contribution in [0.5, 0.6) is 0 Å². The topological polar surface area (TPSA) is 59.2 Å². The maximum Gasteiger partial charge on any atom is 0.180 e. The minimum absolute atomic E-state index is 0.208. The molecule has 5 rings (SSSR count). The number of benzene rings is 1. The molecule has 0 atom stereocenters. The van der Waals surface area contributed by atoms with Crippen molar-refractivity contribution < 1.29 is 4.39 Å². The molecule has 6 nitrogen and oxygen atoms in total. The van der Waals surface area contributed by atoms with Crippen molar-refractivity contribution in [3.05, 3.63) is 82.2 Å². The normalized spacial score (nSPS) is 13.7. The molecule has 0 fully saturated rings. The Kier molecular flexibility index (Phi) is 4.23. The molecule has 3 aromatic heterocycles. The lowest BCUT2D eigenvalue weighted by Gasteiger charge is -2.30. The Hall–Kier alpha value is -3.35. The van der Waals surface area contributed by atoms with Gasteiger partial charge in [-0.1, -0.05) is 18.2 Å². The first-order valence-corrected chi connectivity index (χ1v) is 9.72. The van der Waals surface area contributed by atoms with Gasteiger partial charge in [0.15, 0.2) is 11.5 Å². The van der Waals surface area contributed by atoms with Crippen LogP contribution in [0.3, 0.4) is 0 Å². The Balaban J connectivity index is 1.45. The molecule has 0 radical (unpaired) electrons. The van der Waals surface area contributed by atoms with E-state index in [1.54, 1.807) is 23.0 Å². The summed E-state index contributed by atoms with van der Waals surface area (Å²) in [5.41, 5.74) is 7.38. The van der Waals surface area contributed by atoms with Gasteiger partial charge in [0.25, 0.3) is 0 Å². The number of nitrogens with zero attached hydrogens (tertiary/aromatic N) is 6. The molecule has 0 spiro atoms. The summed E-state index contributed by atoms with van der Waals surface area (Å²) in [5.74, 6) is 0.747. The van der Waals surface area contributed by atoms with E-state index in [-0.39, 0.29) is 5.82 Å². The number of aryl methyl sites for hydroxylation is 1. The summed E-state index contributed by atoms with van der Waals surface area (Å²) in [7, 11) is 0. The summed E-state index contributed by atoms with van der Waals surface area (Å²) < 4.78 is 15.2. The van der Waals surface area contributed by atoms with Crippen LogP contribution < -0.4 is 4.90 Å². The SMILES string of the molecule is Cc1c(N2CCc3ncc(Cc4cccc(F)c4)cc3C2)nn2cnnc2c1C. The van der Waals surface area contributed by atoms with Crippen molar-refractivity contribution in [2.75, 3.05) is 11.4 Å². The fourth-order valence-electron chi connectivity index (χ4n) is 4.00. The van der Waals surface area contributed by atoms with Crippen LogP contribution in [-0.4, -0.2) is 31.3 Å². The minimum atomic E-state index is -0.208. The summed E-state index contributed by atoms with van der Waals surface area (Å²) in [6, 6.07) is 8.93. The number of halogens is 1. The summed E-state index contributed by atoms with van der Waals surface area (Å²) in [5, 5.41) is 12.9. The van der Waals surface area contributed by atoms with Crippen molar-refractivity contribution >= 4 is 11.5 Å². The highest BCUT2D eigenvalue weighted by atomic mass is 19.1. The van der Waals surface area contributed by atoms with Crippen LogP contribution in [0.25, 0.3) is 5.65 Å². The predicted molar refractivity (Wildman–Crippen MR) is 108 cm³/mol. The number of pyridine rings is 1. The molecule has 146 valence electrons. The first-order chi connectivity index (χ1) is 14.1. The van der Waals surface area contributed by atoms with E-state index in [1.807, 2.05) is 12.3 Å². The molecule has 0 amide bonds. The van der Waals surface area contributed by atoms with Crippen LogP contribution in [0, 0.1) is 19.7 Å². The fourth-order valence-corrected chi connectivity index (χ4v) is 4.00. The molecule has 1 aliphatic rings. The first kappa shape index (κ1) is 17.7. The maximum atomic E-state index is 13.5. The van der Waals surface area contributed by atoms with Crippen LogP contribution in [0.1, 0.15) is 33.5 Å². The quantitative estimate of drug-likeness (QED) is 0.538. The Labute approximate surface area is 168 Å². The van der Waals surface area contributed by atoms with Gasteiger partial charge in [-0.25, -0.2) is 4.39 Å². The zero-order chi connectivity index (χ0) is 20.0. The lowest BCUT2D eigenvalue weighted by molar-refractivity contribution is 0.626. The van der Waals surface area contributed by atoms with E-state index in [9.17, 15) is 4.39 Å². The summed E-state index contributed by atoms with van der Waals surface area (Å²) in [6.45, 7) is 5.76. The molecule has 0 N–H and O–H groups in total. The number of hydrogen-bond donors (Lipinski definition) is 0. The summed E-state index contributed by atoms with van der Waals surface area (Å²) in [4.78, 5) is 6.97. The number of aromatic nitrogens is 5. The molecule has 0 saturated heterocycles. The zero-order valence-corrected chi connectivity index (χ0v) is 16.4. The van der Waals surface area contributed by atoms with E-state index < -0.39 is 0 Å². The Bertz CT molecular complexity index is 1220. The Morgan fingerprint density at radius 3 is 2.86 bits per heavy atom. The number of fused-ring (bicyclic) bond motifs is 2. The van der Waals surface area contributed by atoms with E-state index in [1.165, 1.54) is 11.6 Å². The average Bonchev–Trinajstić information content (AvgIpc) is 3.19. The van der Waals surface area contributed by atoms with E-state index in [4.69, 9.17) is 5.10 Å². The predicted octanol–water partition coefficient (Wildman–Crippen LogP) is 3.43. The first-order valence-electron chi connectivity index (χ1n) is 9.72. The lowest BCUT2D eigenvalue weighted by Crippen LogP contribution is -2.33. The molecule has 1 aromatic carbocycles. The number of rotatable bonds is 3. The van der Waals surface area contributed by atoms with Crippen LogP contribution in [0.4, 0.5) is 10.2 Å². The minimum Gasteiger partial charge on any atom is -0.350 e. The van der Waals surface area contributed by atoms with Gasteiger partial charge in [-0.05, 0) is 49.1 Å². The average molecular weight is 388 g/mol. The lowest BCUT2D eigenvalue weighted by atomic mass is 10.00. The third kappa shape index (κ3) is 3.22. The third-order valence-corrected chi connectivity index (χ3v) is 5.66. The van der Waals surface area contributed by atoms with Crippen molar-refractivity contribution in [2.45, 2.75) is 33.2 Å². The largest absolute Gasteiger partial charge is 0.350 e. The van der Waals surface area contributed by atoms with Gasteiger partial charge in [0.2, 0.25) is 0 Å². The van der Waals surface area contributed by atoms with Gasteiger partial charge in [-0.15, -0.1) is 15.3 Å². The van der Waals surface area contributed by atoms with Gasteiger partial charge >= 0.3 is 0 Å².